The van der Waals surface area contributed by atoms with Crippen molar-refractivity contribution in [3.8, 4) is 0 Å². The lowest BCUT2D eigenvalue weighted by Crippen LogP contribution is -2.45. The van der Waals surface area contributed by atoms with Crippen LogP contribution in [0.15, 0.2) is 12.2 Å². The van der Waals surface area contributed by atoms with Gasteiger partial charge >= 0.3 is 5.97 Å². The van der Waals surface area contributed by atoms with E-state index in [2.05, 4.69) is 19.2 Å². The zero-order chi connectivity index (χ0) is 59.9. The van der Waals surface area contributed by atoms with Crippen LogP contribution in [-0.2, 0) is 14.3 Å². The van der Waals surface area contributed by atoms with Crippen LogP contribution in [0.5, 0.6) is 0 Å². The monoisotopic (exact) mass is 1170 g/mol. The van der Waals surface area contributed by atoms with Crippen molar-refractivity contribution in [2.24, 2.45) is 0 Å². The largest absolute Gasteiger partial charge is 0.466 e. The summed E-state index contributed by atoms with van der Waals surface area (Å²) < 4.78 is 5.52. The highest BCUT2D eigenvalue weighted by Gasteiger charge is 2.18. The van der Waals surface area contributed by atoms with Gasteiger partial charge in [0.2, 0.25) is 5.91 Å². The molecular formula is C77H151NO5. The van der Waals surface area contributed by atoms with Crippen LogP contribution >= 0.6 is 0 Å². The molecule has 0 spiro atoms. The van der Waals surface area contributed by atoms with E-state index in [1.165, 1.54) is 379 Å². The Morgan fingerprint density at radius 3 is 0.819 bits per heavy atom. The van der Waals surface area contributed by atoms with Gasteiger partial charge in [0, 0.05) is 12.8 Å². The first-order chi connectivity index (χ1) is 41.0. The lowest BCUT2D eigenvalue weighted by Gasteiger charge is -2.20. The fraction of sp³-hybridized carbons (Fsp3) is 0.948. The molecule has 0 aromatic carbocycles. The van der Waals surface area contributed by atoms with Gasteiger partial charge in [-0.15, -0.1) is 0 Å². The maximum atomic E-state index is 12.5. The fourth-order valence-corrected chi connectivity index (χ4v) is 12.5. The van der Waals surface area contributed by atoms with Gasteiger partial charge in [-0.1, -0.05) is 411 Å². The van der Waals surface area contributed by atoms with Crippen LogP contribution in [0.2, 0.25) is 0 Å². The van der Waals surface area contributed by atoms with Gasteiger partial charge in [0.15, 0.2) is 0 Å². The first-order valence-corrected chi connectivity index (χ1v) is 38.5. The van der Waals surface area contributed by atoms with Gasteiger partial charge in [-0.3, -0.25) is 9.59 Å². The number of allylic oxidation sites excluding steroid dienone is 1. The van der Waals surface area contributed by atoms with E-state index >= 15 is 0 Å². The van der Waals surface area contributed by atoms with E-state index in [1.807, 2.05) is 6.08 Å². The molecule has 0 radical (unpaired) electrons. The Bertz CT molecular complexity index is 1260. The lowest BCUT2D eigenvalue weighted by molar-refractivity contribution is -0.143. The molecule has 3 N–H and O–H groups in total. The van der Waals surface area contributed by atoms with E-state index in [0.717, 1.165) is 38.5 Å². The number of nitrogens with one attached hydrogen (secondary N) is 1. The third-order valence-corrected chi connectivity index (χ3v) is 18.3. The second-order valence-electron chi connectivity index (χ2n) is 26.7. The first-order valence-electron chi connectivity index (χ1n) is 38.5. The van der Waals surface area contributed by atoms with E-state index < -0.39 is 12.1 Å². The molecule has 0 aliphatic carbocycles. The molecule has 1 amide bonds. The van der Waals surface area contributed by atoms with Crippen LogP contribution in [0.25, 0.3) is 0 Å². The topological polar surface area (TPSA) is 95.9 Å². The summed E-state index contributed by atoms with van der Waals surface area (Å²) in [6, 6.07) is -0.623. The van der Waals surface area contributed by atoms with E-state index in [-0.39, 0.29) is 18.5 Å². The highest BCUT2D eigenvalue weighted by molar-refractivity contribution is 5.76. The molecule has 0 heterocycles. The molecule has 0 rings (SSSR count). The van der Waals surface area contributed by atoms with Crippen LogP contribution in [0.4, 0.5) is 0 Å². The zero-order valence-electron chi connectivity index (χ0n) is 56.7. The Morgan fingerprint density at radius 2 is 0.554 bits per heavy atom. The molecule has 2 atom stereocenters. The number of unbranched alkanes of at least 4 members (excludes halogenated alkanes) is 62. The predicted octanol–water partition coefficient (Wildman–Crippen LogP) is 25.1. The van der Waals surface area contributed by atoms with Gasteiger partial charge in [0.1, 0.15) is 0 Å². The summed E-state index contributed by atoms with van der Waals surface area (Å²) in [4.78, 5) is 24.6. The number of carbonyl (C=O) groups excluding carboxylic acids is 2. The average molecular weight is 1170 g/mol. The Morgan fingerprint density at radius 1 is 0.325 bits per heavy atom. The summed E-state index contributed by atoms with van der Waals surface area (Å²) in [6.45, 7) is 4.96. The van der Waals surface area contributed by atoms with Crippen molar-refractivity contribution in [1.29, 1.82) is 0 Å². The third kappa shape index (κ3) is 69.6. The fourth-order valence-electron chi connectivity index (χ4n) is 12.5. The van der Waals surface area contributed by atoms with Crippen molar-refractivity contribution in [3.63, 3.8) is 0 Å². The summed E-state index contributed by atoms with van der Waals surface area (Å²) in [6.07, 6.45) is 91.9. The van der Waals surface area contributed by atoms with Gasteiger partial charge in [0.05, 0.1) is 25.4 Å². The second kappa shape index (κ2) is 73.1. The Balaban J connectivity index is 3.30. The predicted molar refractivity (Wildman–Crippen MR) is 366 cm³/mol. The lowest BCUT2D eigenvalue weighted by atomic mass is 10.0. The van der Waals surface area contributed by atoms with Crippen LogP contribution in [-0.4, -0.2) is 47.4 Å². The van der Waals surface area contributed by atoms with E-state index in [9.17, 15) is 19.8 Å². The number of esters is 1. The maximum absolute atomic E-state index is 12.5. The van der Waals surface area contributed by atoms with Crippen LogP contribution in [0.1, 0.15) is 444 Å². The number of aliphatic hydroxyl groups is 2. The standard InChI is InChI=1S/C77H151NO5/c1-3-5-7-9-11-13-15-17-19-20-35-39-43-47-51-55-59-63-67-71-77(82)83-72-68-64-60-56-52-48-44-40-37-34-32-30-28-26-24-22-21-23-25-27-29-31-33-36-38-42-46-50-54-58-62-66-70-76(81)78-74(73-79)75(80)69-65-61-57-53-49-45-41-18-16-14-12-10-8-6-4-2/h65,69,74-75,79-80H,3-64,66-68,70-73H2,1-2H3,(H,78,81)/b69-65+. The smallest absolute Gasteiger partial charge is 0.305 e. The van der Waals surface area contributed by atoms with Crippen LogP contribution in [0.3, 0.4) is 0 Å². The van der Waals surface area contributed by atoms with Crippen molar-refractivity contribution in [2.75, 3.05) is 13.2 Å². The molecule has 0 fully saturated rings. The van der Waals surface area contributed by atoms with Crippen LogP contribution in [0, 0.1) is 0 Å². The molecule has 494 valence electrons. The number of rotatable bonds is 73. The Kier molecular flexibility index (Phi) is 71.8. The van der Waals surface area contributed by atoms with Crippen molar-refractivity contribution in [1.82, 2.24) is 5.32 Å². The summed E-state index contributed by atoms with van der Waals surface area (Å²) >= 11 is 0. The molecular weight excluding hydrogens is 1020 g/mol. The van der Waals surface area contributed by atoms with Gasteiger partial charge in [-0.25, -0.2) is 0 Å². The highest BCUT2D eigenvalue weighted by Crippen LogP contribution is 2.20. The SMILES string of the molecule is CCCCCCCCCCCCCCC/C=C/C(O)C(CO)NC(=O)CCCCCCCCCCCCCCCCCCCCCCCCCCCCCCCCCCOC(=O)CCCCCCCCCCCCCCCCCCCCC. The quantitative estimate of drug-likeness (QED) is 0.0320. The van der Waals surface area contributed by atoms with Crippen molar-refractivity contribution in [3.05, 3.63) is 12.2 Å². The number of amides is 1. The molecule has 6 heteroatoms. The van der Waals surface area contributed by atoms with Gasteiger partial charge in [0.25, 0.3) is 0 Å². The van der Waals surface area contributed by atoms with Gasteiger partial charge < -0.3 is 20.3 Å². The minimum Gasteiger partial charge on any atom is -0.466 e. The number of hydrogen-bond donors (Lipinski definition) is 3. The molecule has 83 heavy (non-hydrogen) atoms. The number of ether oxygens (including phenoxy) is 1. The summed E-state index contributed by atoms with van der Waals surface area (Å²) in [5, 5.41) is 23.2. The van der Waals surface area contributed by atoms with Crippen LogP contribution < -0.4 is 5.32 Å². The molecule has 2 unspecified atom stereocenters. The molecule has 0 saturated heterocycles. The average Bonchev–Trinajstić information content (AvgIpc) is 3.49. The number of hydrogen-bond acceptors (Lipinski definition) is 5. The first kappa shape index (κ1) is 81.6. The summed E-state index contributed by atoms with van der Waals surface area (Å²) in [7, 11) is 0. The van der Waals surface area contributed by atoms with Crippen molar-refractivity contribution < 1.29 is 24.5 Å². The number of carbonyl (C=O) groups is 2. The Labute approximate surface area is 520 Å². The Hall–Kier alpha value is -1.40. The molecule has 0 bridgehead atoms. The van der Waals surface area contributed by atoms with E-state index in [4.69, 9.17) is 4.74 Å². The molecule has 6 nitrogen and oxygen atoms in total. The third-order valence-electron chi connectivity index (χ3n) is 18.3. The minimum absolute atomic E-state index is 0.0269. The number of aliphatic hydroxyl groups excluding tert-OH is 2. The zero-order valence-corrected chi connectivity index (χ0v) is 56.7. The van der Waals surface area contributed by atoms with Gasteiger partial charge in [-0.2, -0.15) is 0 Å². The molecule has 0 aliphatic rings. The minimum atomic E-state index is -0.840. The highest BCUT2D eigenvalue weighted by atomic mass is 16.5. The molecule has 0 aromatic rings. The molecule has 0 aliphatic heterocycles. The maximum Gasteiger partial charge on any atom is 0.305 e. The van der Waals surface area contributed by atoms with Gasteiger partial charge in [-0.05, 0) is 32.1 Å². The van der Waals surface area contributed by atoms with E-state index in [0.29, 0.717) is 19.4 Å². The van der Waals surface area contributed by atoms with E-state index in [1.54, 1.807) is 6.08 Å². The van der Waals surface area contributed by atoms with Crippen molar-refractivity contribution >= 4 is 11.9 Å². The molecule has 0 aromatic heterocycles. The summed E-state index contributed by atoms with van der Waals surface area (Å²) in [5.74, 6) is -0.0332. The van der Waals surface area contributed by atoms with Crippen molar-refractivity contribution in [2.45, 2.75) is 456 Å². The normalized spacial score (nSPS) is 12.5. The molecule has 0 saturated carbocycles. The summed E-state index contributed by atoms with van der Waals surface area (Å²) in [5.41, 5.74) is 0. The second-order valence-corrected chi connectivity index (χ2v) is 26.7.